The Hall–Kier alpha value is -1.53. The molecule has 0 spiro atoms. The van der Waals surface area contributed by atoms with E-state index in [4.69, 9.17) is 0 Å². The maximum Gasteiger partial charge on any atom is 0.254 e. The molecule has 2 aliphatic rings. The second kappa shape index (κ2) is 6.07. The summed E-state index contributed by atoms with van der Waals surface area (Å²) in [6, 6.07) is 5.60. The Morgan fingerprint density at radius 3 is 2.86 bits per heavy atom. The molecule has 112 valence electrons. The third kappa shape index (κ3) is 3.06. The van der Waals surface area contributed by atoms with Crippen LogP contribution in [0.3, 0.4) is 0 Å². The molecule has 2 heterocycles. The molecule has 2 N–H and O–H groups in total. The van der Waals surface area contributed by atoms with Crippen molar-refractivity contribution in [3.63, 3.8) is 0 Å². The molecule has 0 aromatic heterocycles. The second-order valence-corrected chi connectivity index (χ2v) is 6.46. The van der Waals surface area contributed by atoms with Gasteiger partial charge < -0.3 is 15.1 Å². The van der Waals surface area contributed by atoms with Crippen LogP contribution in [-0.4, -0.2) is 55.2 Å². The number of carbonyl (C=O) groups is 2. The number of piperazine rings is 1. The second-order valence-electron chi connectivity index (χ2n) is 5.44. The van der Waals surface area contributed by atoms with Gasteiger partial charge >= 0.3 is 0 Å². The fourth-order valence-electron chi connectivity index (χ4n) is 2.78. The fourth-order valence-corrected chi connectivity index (χ4v) is 3.57. The maximum absolute atomic E-state index is 12.6. The van der Waals surface area contributed by atoms with Gasteiger partial charge in [0, 0.05) is 10.5 Å². The van der Waals surface area contributed by atoms with Crippen molar-refractivity contribution in [3.05, 3.63) is 23.8 Å². The Kier molecular flexibility index (Phi) is 4.17. The number of fused-ring (bicyclic) bond motifs is 1. The van der Waals surface area contributed by atoms with Crippen molar-refractivity contribution in [1.82, 2.24) is 4.90 Å². The first-order valence-corrected chi connectivity index (χ1v) is 8.35. The highest BCUT2D eigenvalue weighted by molar-refractivity contribution is 8.00. The van der Waals surface area contributed by atoms with Crippen LogP contribution in [0.2, 0.25) is 0 Å². The molecule has 1 saturated heterocycles. The van der Waals surface area contributed by atoms with E-state index in [0.717, 1.165) is 43.3 Å². The normalized spacial score (nSPS) is 19.1. The third-order valence-corrected chi connectivity index (χ3v) is 5.19. The SMILES string of the molecule is CC[NH+]1CCN(C(=O)c2ccc3c(c2)NC(=O)CS3)CC1. The highest BCUT2D eigenvalue weighted by Crippen LogP contribution is 2.32. The van der Waals surface area contributed by atoms with Crippen LogP contribution in [0.25, 0.3) is 0 Å². The molecule has 2 amide bonds. The molecule has 1 aromatic rings. The van der Waals surface area contributed by atoms with Gasteiger partial charge in [-0.25, -0.2) is 0 Å². The van der Waals surface area contributed by atoms with Crippen LogP contribution in [0, 0.1) is 0 Å². The van der Waals surface area contributed by atoms with Crippen LogP contribution in [0.4, 0.5) is 5.69 Å². The van der Waals surface area contributed by atoms with Gasteiger partial charge in [-0.15, -0.1) is 11.8 Å². The Morgan fingerprint density at radius 2 is 2.14 bits per heavy atom. The molecule has 0 bridgehead atoms. The number of benzene rings is 1. The summed E-state index contributed by atoms with van der Waals surface area (Å²) in [5, 5.41) is 2.84. The minimum Gasteiger partial charge on any atom is -0.332 e. The molecular weight excluding hydrogens is 286 g/mol. The number of amides is 2. The molecule has 0 saturated carbocycles. The van der Waals surface area contributed by atoms with E-state index in [1.807, 2.05) is 17.0 Å². The monoisotopic (exact) mass is 306 g/mol. The standard InChI is InChI=1S/C15H19N3O2S/c1-2-17-5-7-18(8-6-17)15(20)11-3-4-13-12(9-11)16-14(19)10-21-13/h3-4,9H,2,5-8,10H2,1H3,(H,16,19)/p+1. The van der Waals surface area contributed by atoms with Crippen molar-refractivity contribution in [2.75, 3.05) is 43.8 Å². The summed E-state index contributed by atoms with van der Waals surface area (Å²) in [6.07, 6.45) is 0. The molecule has 0 aliphatic carbocycles. The lowest BCUT2D eigenvalue weighted by molar-refractivity contribution is -0.902. The van der Waals surface area contributed by atoms with Gasteiger partial charge in [-0.1, -0.05) is 0 Å². The van der Waals surface area contributed by atoms with Gasteiger partial charge in [0.2, 0.25) is 5.91 Å². The van der Waals surface area contributed by atoms with Crippen LogP contribution in [0.15, 0.2) is 23.1 Å². The zero-order valence-electron chi connectivity index (χ0n) is 12.1. The number of quaternary nitrogens is 1. The highest BCUT2D eigenvalue weighted by atomic mass is 32.2. The summed E-state index contributed by atoms with van der Waals surface area (Å²) in [5.41, 5.74) is 1.43. The number of nitrogens with one attached hydrogen (secondary N) is 2. The minimum absolute atomic E-state index is 0.00254. The molecular formula is C15H20N3O2S+. The number of hydrogen-bond donors (Lipinski definition) is 2. The number of hydrogen-bond acceptors (Lipinski definition) is 3. The minimum atomic E-state index is -0.00254. The number of rotatable bonds is 2. The number of carbonyl (C=O) groups excluding carboxylic acids is 2. The summed E-state index contributed by atoms with van der Waals surface area (Å²) in [7, 11) is 0. The van der Waals surface area contributed by atoms with Crippen molar-refractivity contribution in [3.8, 4) is 0 Å². The van der Waals surface area contributed by atoms with E-state index < -0.39 is 0 Å². The summed E-state index contributed by atoms with van der Waals surface area (Å²) in [5.74, 6) is 0.511. The van der Waals surface area contributed by atoms with Crippen molar-refractivity contribution in [2.24, 2.45) is 0 Å². The summed E-state index contributed by atoms with van der Waals surface area (Å²) in [6.45, 7) is 6.93. The van der Waals surface area contributed by atoms with Crippen LogP contribution >= 0.6 is 11.8 Å². The van der Waals surface area contributed by atoms with E-state index in [1.54, 1.807) is 11.0 Å². The van der Waals surface area contributed by atoms with E-state index in [1.165, 1.54) is 11.8 Å². The van der Waals surface area contributed by atoms with Crippen LogP contribution < -0.4 is 10.2 Å². The van der Waals surface area contributed by atoms with Gasteiger partial charge in [0.25, 0.3) is 5.91 Å². The van der Waals surface area contributed by atoms with E-state index in [9.17, 15) is 9.59 Å². The molecule has 1 aromatic carbocycles. The van der Waals surface area contributed by atoms with Crippen LogP contribution in [0.5, 0.6) is 0 Å². The maximum atomic E-state index is 12.6. The Labute approximate surface area is 128 Å². The molecule has 1 fully saturated rings. The summed E-state index contributed by atoms with van der Waals surface area (Å²) >= 11 is 1.52. The average Bonchev–Trinajstić information content (AvgIpc) is 2.53. The van der Waals surface area contributed by atoms with Crippen LogP contribution in [-0.2, 0) is 4.79 Å². The van der Waals surface area contributed by atoms with E-state index in [-0.39, 0.29) is 11.8 Å². The van der Waals surface area contributed by atoms with Gasteiger partial charge in [-0.05, 0) is 25.1 Å². The molecule has 0 radical (unpaired) electrons. The summed E-state index contributed by atoms with van der Waals surface area (Å²) in [4.78, 5) is 28.5. The van der Waals surface area contributed by atoms with Gasteiger partial charge in [-0.3, -0.25) is 9.59 Å². The molecule has 2 aliphatic heterocycles. The lowest BCUT2D eigenvalue weighted by Crippen LogP contribution is -3.14. The zero-order valence-corrected chi connectivity index (χ0v) is 13.0. The van der Waals surface area contributed by atoms with Crippen molar-refractivity contribution >= 4 is 29.3 Å². The van der Waals surface area contributed by atoms with E-state index in [0.29, 0.717) is 11.3 Å². The summed E-state index contributed by atoms with van der Waals surface area (Å²) < 4.78 is 0. The smallest absolute Gasteiger partial charge is 0.254 e. The molecule has 3 rings (SSSR count). The third-order valence-electron chi connectivity index (χ3n) is 4.12. The van der Waals surface area contributed by atoms with Gasteiger partial charge in [0.05, 0.1) is 44.2 Å². The quantitative estimate of drug-likeness (QED) is 0.814. The van der Waals surface area contributed by atoms with Crippen LogP contribution in [0.1, 0.15) is 17.3 Å². The van der Waals surface area contributed by atoms with Crippen molar-refractivity contribution in [2.45, 2.75) is 11.8 Å². The molecule has 0 atom stereocenters. The highest BCUT2D eigenvalue weighted by Gasteiger charge is 2.25. The Morgan fingerprint density at radius 1 is 1.38 bits per heavy atom. The van der Waals surface area contributed by atoms with Gasteiger partial charge in [0.1, 0.15) is 0 Å². The average molecular weight is 306 g/mol. The van der Waals surface area contributed by atoms with E-state index >= 15 is 0 Å². The van der Waals surface area contributed by atoms with E-state index in [2.05, 4.69) is 12.2 Å². The molecule has 0 unspecified atom stereocenters. The lowest BCUT2D eigenvalue weighted by atomic mass is 10.1. The van der Waals surface area contributed by atoms with Gasteiger partial charge in [0.15, 0.2) is 0 Å². The molecule has 6 heteroatoms. The topological polar surface area (TPSA) is 53.9 Å². The lowest BCUT2D eigenvalue weighted by Gasteiger charge is -2.31. The molecule has 5 nitrogen and oxygen atoms in total. The number of likely N-dealkylation sites (N-methyl/N-ethyl adjacent to an activating group) is 1. The molecule has 21 heavy (non-hydrogen) atoms. The Bertz CT molecular complexity index is 568. The van der Waals surface area contributed by atoms with Gasteiger partial charge in [-0.2, -0.15) is 0 Å². The number of anilines is 1. The number of nitrogens with zero attached hydrogens (tertiary/aromatic N) is 1. The van der Waals surface area contributed by atoms with Crippen molar-refractivity contribution in [1.29, 1.82) is 0 Å². The Balaban J connectivity index is 1.73. The number of thioether (sulfide) groups is 1. The fraction of sp³-hybridized carbons (Fsp3) is 0.467. The first-order chi connectivity index (χ1) is 10.2. The first kappa shape index (κ1) is 14.4. The first-order valence-electron chi connectivity index (χ1n) is 7.37. The largest absolute Gasteiger partial charge is 0.332 e. The van der Waals surface area contributed by atoms with Crippen molar-refractivity contribution < 1.29 is 14.5 Å². The zero-order chi connectivity index (χ0) is 14.8. The predicted molar refractivity (Wildman–Crippen MR) is 82.9 cm³/mol. The predicted octanol–water partition coefficient (Wildman–Crippen LogP) is 0.0914.